The van der Waals surface area contributed by atoms with Crippen LogP contribution in [0.25, 0.3) is 6.08 Å². The van der Waals surface area contributed by atoms with Crippen molar-refractivity contribution in [2.75, 3.05) is 0 Å². The Morgan fingerprint density at radius 2 is 2.26 bits per heavy atom. The van der Waals surface area contributed by atoms with Gasteiger partial charge in [-0.2, -0.15) is 0 Å². The third-order valence-electron chi connectivity index (χ3n) is 4.17. The summed E-state index contributed by atoms with van der Waals surface area (Å²) >= 11 is 0. The zero-order valence-corrected chi connectivity index (χ0v) is 11.8. The van der Waals surface area contributed by atoms with Gasteiger partial charge in [-0.25, -0.2) is 4.79 Å². The average molecular weight is 258 g/mol. The van der Waals surface area contributed by atoms with Crippen LogP contribution in [0.15, 0.2) is 30.8 Å². The highest BCUT2D eigenvalue weighted by molar-refractivity contribution is 5.93. The van der Waals surface area contributed by atoms with Crippen molar-refractivity contribution < 1.29 is 9.53 Å². The molecular weight excluding hydrogens is 236 g/mol. The predicted octanol–water partition coefficient (Wildman–Crippen LogP) is 4.46. The largest absolute Gasteiger partial charge is 0.455 e. The lowest BCUT2D eigenvalue weighted by Crippen LogP contribution is -2.31. The quantitative estimate of drug-likeness (QED) is 0.745. The summed E-state index contributed by atoms with van der Waals surface area (Å²) in [6.45, 7) is 8.07. The molecule has 0 saturated heterocycles. The molecule has 1 aromatic rings. The zero-order chi connectivity index (χ0) is 13.9. The molecule has 0 bridgehead atoms. The molecule has 1 saturated carbocycles. The fourth-order valence-corrected chi connectivity index (χ4v) is 2.95. The molecule has 2 nitrogen and oxygen atoms in total. The van der Waals surface area contributed by atoms with Crippen molar-refractivity contribution in [1.82, 2.24) is 0 Å². The lowest BCUT2D eigenvalue weighted by molar-refractivity contribution is -0.0188. The van der Waals surface area contributed by atoms with Gasteiger partial charge in [0, 0.05) is 0 Å². The van der Waals surface area contributed by atoms with Crippen LogP contribution < -0.4 is 0 Å². The molecule has 0 radical (unpaired) electrons. The first-order valence-electron chi connectivity index (χ1n) is 7.05. The molecule has 0 N–H and O–H groups in total. The standard InChI is InChI=1S/C17H22O2/c1-4-14-8-6-7-9-15(14)16(18)19-17(5-2)11-10-13(3)12-17/h4,6-9,13H,1,5,10-12H2,2-3H3. The lowest BCUT2D eigenvalue weighted by atomic mass is 9.97. The second-order valence-electron chi connectivity index (χ2n) is 5.57. The number of hydrogen-bond acceptors (Lipinski definition) is 2. The molecule has 2 rings (SSSR count). The van der Waals surface area contributed by atoms with E-state index >= 15 is 0 Å². The molecule has 1 aliphatic carbocycles. The zero-order valence-electron chi connectivity index (χ0n) is 11.8. The van der Waals surface area contributed by atoms with E-state index in [0.29, 0.717) is 11.5 Å². The van der Waals surface area contributed by atoms with Gasteiger partial charge in [-0.15, -0.1) is 0 Å². The minimum atomic E-state index is -0.259. The molecule has 0 amide bonds. The van der Waals surface area contributed by atoms with Crippen LogP contribution in [0.4, 0.5) is 0 Å². The van der Waals surface area contributed by atoms with Gasteiger partial charge in [0.05, 0.1) is 5.56 Å². The van der Waals surface area contributed by atoms with Crippen LogP contribution in [0.5, 0.6) is 0 Å². The maximum Gasteiger partial charge on any atom is 0.339 e. The molecule has 102 valence electrons. The van der Waals surface area contributed by atoms with Gasteiger partial charge < -0.3 is 4.74 Å². The molecule has 1 fully saturated rings. The van der Waals surface area contributed by atoms with Crippen molar-refractivity contribution >= 4 is 12.0 Å². The fraction of sp³-hybridized carbons (Fsp3) is 0.471. The third kappa shape index (κ3) is 2.89. The highest BCUT2D eigenvalue weighted by atomic mass is 16.6. The summed E-state index contributed by atoms with van der Waals surface area (Å²) in [5.41, 5.74) is 1.19. The summed E-state index contributed by atoms with van der Waals surface area (Å²) in [4.78, 5) is 12.4. The van der Waals surface area contributed by atoms with Crippen molar-refractivity contribution in [2.24, 2.45) is 5.92 Å². The van der Waals surface area contributed by atoms with Gasteiger partial charge in [-0.05, 0) is 43.2 Å². The fourth-order valence-electron chi connectivity index (χ4n) is 2.95. The average Bonchev–Trinajstić information content (AvgIpc) is 2.80. The van der Waals surface area contributed by atoms with E-state index in [1.54, 1.807) is 12.1 Å². The Kier molecular flexibility index (Phi) is 4.08. The smallest absolute Gasteiger partial charge is 0.339 e. The maximum atomic E-state index is 12.4. The molecule has 2 atom stereocenters. The van der Waals surface area contributed by atoms with Gasteiger partial charge in [-0.1, -0.05) is 44.7 Å². The summed E-state index contributed by atoms with van der Waals surface area (Å²) in [6.07, 6.45) is 5.69. The third-order valence-corrected chi connectivity index (χ3v) is 4.17. The number of hydrogen-bond donors (Lipinski definition) is 0. The summed E-state index contributed by atoms with van der Waals surface area (Å²) in [5, 5.41) is 0. The van der Waals surface area contributed by atoms with Gasteiger partial charge in [0.15, 0.2) is 0 Å². The first-order chi connectivity index (χ1) is 9.10. The van der Waals surface area contributed by atoms with E-state index < -0.39 is 0 Å². The molecule has 0 aliphatic heterocycles. The number of esters is 1. The van der Waals surface area contributed by atoms with Crippen molar-refractivity contribution in [1.29, 1.82) is 0 Å². The van der Waals surface area contributed by atoms with Crippen molar-refractivity contribution in [3.05, 3.63) is 42.0 Å². The van der Waals surface area contributed by atoms with Crippen LogP contribution in [-0.2, 0) is 4.74 Å². The van der Waals surface area contributed by atoms with Gasteiger partial charge >= 0.3 is 5.97 Å². The normalized spacial score (nSPS) is 26.1. The van der Waals surface area contributed by atoms with E-state index in [1.165, 1.54) is 0 Å². The van der Waals surface area contributed by atoms with E-state index in [2.05, 4.69) is 20.4 Å². The highest BCUT2D eigenvalue weighted by Crippen LogP contribution is 2.40. The van der Waals surface area contributed by atoms with E-state index in [0.717, 1.165) is 31.2 Å². The second-order valence-corrected chi connectivity index (χ2v) is 5.57. The van der Waals surface area contributed by atoms with E-state index in [9.17, 15) is 4.79 Å². The molecule has 2 heteroatoms. The number of carbonyl (C=O) groups excluding carboxylic acids is 1. The molecule has 1 aromatic carbocycles. The Labute approximate surface area is 115 Å². The van der Waals surface area contributed by atoms with Gasteiger partial charge in [0.25, 0.3) is 0 Å². The summed E-state index contributed by atoms with van der Waals surface area (Å²) in [6, 6.07) is 7.46. The Hall–Kier alpha value is -1.57. The van der Waals surface area contributed by atoms with Crippen LogP contribution in [0.2, 0.25) is 0 Å². The monoisotopic (exact) mass is 258 g/mol. The number of ether oxygens (including phenoxy) is 1. The van der Waals surface area contributed by atoms with Crippen LogP contribution in [0.1, 0.15) is 55.5 Å². The van der Waals surface area contributed by atoms with Gasteiger partial charge in [0.2, 0.25) is 0 Å². The molecule has 0 spiro atoms. The predicted molar refractivity (Wildman–Crippen MR) is 78.0 cm³/mol. The lowest BCUT2D eigenvalue weighted by Gasteiger charge is -2.28. The Morgan fingerprint density at radius 1 is 1.53 bits per heavy atom. The molecule has 0 aromatic heterocycles. The van der Waals surface area contributed by atoms with Crippen LogP contribution in [0.3, 0.4) is 0 Å². The van der Waals surface area contributed by atoms with Gasteiger partial charge in [0.1, 0.15) is 5.60 Å². The molecule has 19 heavy (non-hydrogen) atoms. The minimum absolute atomic E-state index is 0.216. The number of benzene rings is 1. The van der Waals surface area contributed by atoms with Crippen LogP contribution in [0, 0.1) is 5.92 Å². The van der Waals surface area contributed by atoms with Crippen molar-refractivity contribution in [3.63, 3.8) is 0 Å². The SMILES string of the molecule is C=Cc1ccccc1C(=O)OC1(CC)CCC(C)C1. The van der Waals surface area contributed by atoms with E-state index in [-0.39, 0.29) is 11.6 Å². The molecule has 0 heterocycles. The maximum absolute atomic E-state index is 12.4. The van der Waals surface area contributed by atoms with Crippen molar-refractivity contribution in [3.8, 4) is 0 Å². The Bertz CT molecular complexity index is 478. The highest BCUT2D eigenvalue weighted by Gasteiger charge is 2.39. The topological polar surface area (TPSA) is 26.3 Å². The van der Waals surface area contributed by atoms with Crippen LogP contribution in [-0.4, -0.2) is 11.6 Å². The number of carbonyl (C=O) groups is 1. The summed E-state index contributed by atoms with van der Waals surface area (Å²) < 4.78 is 5.86. The molecule has 2 unspecified atom stereocenters. The summed E-state index contributed by atoms with van der Waals surface area (Å²) in [5.74, 6) is 0.425. The Balaban J connectivity index is 2.18. The molecule has 1 aliphatic rings. The first kappa shape index (κ1) is 13.9. The minimum Gasteiger partial charge on any atom is -0.455 e. The summed E-state index contributed by atoms with van der Waals surface area (Å²) in [7, 11) is 0. The van der Waals surface area contributed by atoms with Crippen molar-refractivity contribution in [2.45, 2.75) is 45.1 Å². The number of rotatable bonds is 4. The van der Waals surface area contributed by atoms with E-state index in [1.807, 2.05) is 18.2 Å². The van der Waals surface area contributed by atoms with E-state index in [4.69, 9.17) is 4.74 Å². The van der Waals surface area contributed by atoms with Crippen LogP contribution >= 0.6 is 0 Å². The first-order valence-corrected chi connectivity index (χ1v) is 7.05. The molecular formula is C17H22O2. The van der Waals surface area contributed by atoms with Gasteiger partial charge in [-0.3, -0.25) is 0 Å². The second kappa shape index (κ2) is 5.60. The Morgan fingerprint density at radius 3 is 2.84 bits per heavy atom.